The summed E-state index contributed by atoms with van der Waals surface area (Å²) in [5.41, 5.74) is 9.98. The summed E-state index contributed by atoms with van der Waals surface area (Å²) in [7, 11) is 1.65. The van der Waals surface area contributed by atoms with Crippen LogP contribution < -0.4 is 10.5 Å². The Hall–Kier alpha value is -1.39. The predicted molar refractivity (Wildman–Crippen MR) is 82.6 cm³/mol. The number of methoxy groups -OCH3 is 1. The summed E-state index contributed by atoms with van der Waals surface area (Å²) < 4.78 is 19.4. The normalized spacial score (nSPS) is 12.3. The third kappa shape index (κ3) is 2.86. The number of aryl methyl sites for hydroxylation is 2. The highest BCUT2D eigenvalue weighted by atomic mass is 79.9. The lowest BCUT2D eigenvalue weighted by molar-refractivity contribution is 0.408. The van der Waals surface area contributed by atoms with Gasteiger partial charge in [-0.2, -0.15) is 0 Å². The standard InChI is InChI=1S/C16H17BrFNO/c1-9-6-12(7-10(2)16(9)20-3)15(19)11-4-5-13(17)14(18)8-11/h4-8,15H,19H2,1-3H3. The molecule has 0 saturated carbocycles. The predicted octanol–water partition coefficient (Wildman–Crippen LogP) is 4.26. The first-order valence-corrected chi connectivity index (χ1v) is 7.09. The van der Waals surface area contributed by atoms with Gasteiger partial charge in [-0.05, 0) is 64.2 Å². The number of halogens is 2. The van der Waals surface area contributed by atoms with Gasteiger partial charge in [-0.25, -0.2) is 4.39 Å². The fourth-order valence-electron chi connectivity index (χ4n) is 2.38. The molecule has 0 fully saturated rings. The molecule has 4 heteroatoms. The van der Waals surface area contributed by atoms with E-state index in [0.29, 0.717) is 4.47 Å². The lowest BCUT2D eigenvalue weighted by atomic mass is 9.95. The van der Waals surface area contributed by atoms with Gasteiger partial charge in [0.25, 0.3) is 0 Å². The van der Waals surface area contributed by atoms with Crippen molar-refractivity contribution in [1.82, 2.24) is 0 Å². The van der Waals surface area contributed by atoms with Gasteiger partial charge in [-0.3, -0.25) is 0 Å². The molecule has 2 aromatic rings. The van der Waals surface area contributed by atoms with E-state index in [1.54, 1.807) is 13.2 Å². The second-order valence-electron chi connectivity index (χ2n) is 4.84. The van der Waals surface area contributed by atoms with Crippen LogP contribution in [0.15, 0.2) is 34.8 Å². The number of nitrogens with two attached hydrogens (primary N) is 1. The van der Waals surface area contributed by atoms with Crippen LogP contribution in [0.1, 0.15) is 28.3 Å². The molecular formula is C16H17BrFNO. The third-order valence-corrected chi connectivity index (χ3v) is 3.99. The summed E-state index contributed by atoms with van der Waals surface area (Å²) >= 11 is 3.14. The summed E-state index contributed by atoms with van der Waals surface area (Å²) in [5, 5.41) is 0. The Kier molecular flexibility index (Phi) is 4.45. The van der Waals surface area contributed by atoms with Crippen molar-refractivity contribution in [2.75, 3.05) is 7.11 Å². The second-order valence-corrected chi connectivity index (χ2v) is 5.69. The first-order valence-electron chi connectivity index (χ1n) is 6.29. The second kappa shape index (κ2) is 5.94. The van der Waals surface area contributed by atoms with Gasteiger partial charge in [0.15, 0.2) is 0 Å². The van der Waals surface area contributed by atoms with Crippen molar-refractivity contribution in [1.29, 1.82) is 0 Å². The van der Waals surface area contributed by atoms with Crippen molar-refractivity contribution >= 4 is 15.9 Å². The van der Waals surface area contributed by atoms with E-state index in [1.807, 2.05) is 32.0 Å². The highest BCUT2D eigenvalue weighted by Crippen LogP contribution is 2.30. The molecule has 0 spiro atoms. The van der Waals surface area contributed by atoms with Crippen molar-refractivity contribution < 1.29 is 9.13 Å². The molecule has 20 heavy (non-hydrogen) atoms. The SMILES string of the molecule is COc1c(C)cc(C(N)c2ccc(Br)c(F)c2)cc1C. The van der Waals surface area contributed by atoms with Crippen LogP contribution in [0.25, 0.3) is 0 Å². The Morgan fingerprint density at radius 1 is 1.10 bits per heavy atom. The number of ether oxygens (including phenoxy) is 1. The molecule has 0 aliphatic heterocycles. The largest absolute Gasteiger partial charge is 0.496 e. The highest BCUT2D eigenvalue weighted by molar-refractivity contribution is 9.10. The molecule has 0 aromatic heterocycles. The summed E-state index contributed by atoms with van der Waals surface area (Å²) in [6.07, 6.45) is 0. The first kappa shape index (κ1) is 15.0. The van der Waals surface area contributed by atoms with Crippen molar-refractivity contribution in [3.05, 3.63) is 62.9 Å². The van der Waals surface area contributed by atoms with E-state index < -0.39 is 0 Å². The van der Waals surface area contributed by atoms with Gasteiger partial charge in [0, 0.05) is 0 Å². The Labute approximate surface area is 126 Å². The molecule has 0 bridgehead atoms. The average Bonchev–Trinajstić information content (AvgIpc) is 2.40. The molecule has 1 unspecified atom stereocenters. The fourth-order valence-corrected chi connectivity index (χ4v) is 2.63. The molecular weight excluding hydrogens is 321 g/mol. The Morgan fingerprint density at radius 3 is 2.20 bits per heavy atom. The molecule has 2 N–H and O–H groups in total. The van der Waals surface area contributed by atoms with E-state index in [1.165, 1.54) is 6.07 Å². The molecule has 0 heterocycles. The lowest BCUT2D eigenvalue weighted by Crippen LogP contribution is -2.13. The van der Waals surface area contributed by atoms with Gasteiger partial charge in [0.2, 0.25) is 0 Å². The van der Waals surface area contributed by atoms with Crippen LogP contribution in [0.4, 0.5) is 4.39 Å². The number of benzene rings is 2. The third-order valence-electron chi connectivity index (χ3n) is 3.35. The van der Waals surface area contributed by atoms with Crippen LogP contribution >= 0.6 is 15.9 Å². The molecule has 2 rings (SSSR count). The van der Waals surface area contributed by atoms with Crippen LogP contribution in [0.5, 0.6) is 5.75 Å². The fraction of sp³-hybridized carbons (Fsp3) is 0.250. The highest BCUT2D eigenvalue weighted by Gasteiger charge is 2.14. The monoisotopic (exact) mass is 337 g/mol. The number of hydrogen-bond donors (Lipinski definition) is 1. The van der Waals surface area contributed by atoms with Gasteiger partial charge in [-0.15, -0.1) is 0 Å². The first-order chi connectivity index (χ1) is 9.43. The molecule has 0 aliphatic rings. The van der Waals surface area contributed by atoms with Crippen LogP contribution in [0.3, 0.4) is 0 Å². The van der Waals surface area contributed by atoms with Crippen molar-refractivity contribution in [3.8, 4) is 5.75 Å². The van der Waals surface area contributed by atoms with Crippen LogP contribution in [-0.4, -0.2) is 7.11 Å². The van der Waals surface area contributed by atoms with Gasteiger partial charge in [-0.1, -0.05) is 18.2 Å². The molecule has 0 radical (unpaired) electrons. The average molecular weight is 338 g/mol. The zero-order valence-electron chi connectivity index (χ0n) is 11.7. The van der Waals surface area contributed by atoms with Crippen LogP contribution in [0.2, 0.25) is 0 Å². The zero-order valence-corrected chi connectivity index (χ0v) is 13.3. The zero-order chi connectivity index (χ0) is 14.9. The smallest absolute Gasteiger partial charge is 0.137 e. The van der Waals surface area contributed by atoms with E-state index in [9.17, 15) is 4.39 Å². The maximum atomic E-state index is 13.6. The van der Waals surface area contributed by atoms with Crippen LogP contribution in [-0.2, 0) is 0 Å². The number of rotatable bonds is 3. The minimum Gasteiger partial charge on any atom is -0.496 e. The minimum absolute atomic E-state index is 0.306. The van der Waals surface area contributed by atoms with Gasteiger partial charge in [0.05, 0.1) is 17.6 Å². The maximum absolute atomic E-state index is 13.6. The van der Waals surface area contributed by atoms with E-state index in [-0.39, 0.29) is 11.9 Å². The molecule has 106 valence electrons. The molecule has 0 saturated heterocycles. The number of hydrogen-bond acceptors (Lipinski definition) is 2. The van der Waals surface area contributed by atoms with E-state index in [2.05, 4.69) is 15.9 Å². The van der Waals surface area contributed by atoms with Crippen molar-refractivity contribution in [2.45, 2.75) is 19.9 Å². The molecule has 2 nitrogen and oxygen atoms in total. The van der Waals surface area contributed by atoms with E-state index >= 15 is 0 Å². The minimum atomic E-state index is -0.360. The molecule has 0 aliphatic carbocycles. The quantitative estimate of drug-likeness (QED) is 0.907. The Bertz CT molecular complexity index is 619. The molecule has 1 atom stereocenters. The van der Waals surface area contributed by atoms with Crippen molar-refractivity contribution in [3.63, 3.8) is 0 Å². The molecule has 0 amide bonds. The summed E-state index contributed by atoms with van der Waals surface area (Å²) in [4.78, 5) is 0. The Morgan fingerprint density at radius 2 is 1.70 bits per heavy atom. The van der Waals surface area contributed by atoms with E-state index in [0.717, 1.165) is 28.0 Å². The Balaban J connectivity index is 2.42. The van der Waals surface area contributed by atoms with Crippen molar-refractivity contribution in [2.24, 2.45) is 5.73 Å². The summed E-state index contributed by atoms with van der Waals surface area (Å²) in [5.74, 6) is 0.558. The maximum Gasteiger partial charge on any atom is 0.137 e. The van der Waals surface area contributed by atoms with Crippen LogP contribution in [0, 0.1) is 19.7 Å². The topological polar surface area (TPSA) is 35.2 Å². The summed E-state index contributed by atoms with van der Waals surface area (Å²) in [6, 6.07) is 8.57. The van der Waals surface area contributed by atoms with Gasteiger partial charge >= 0.3 is 0 Å². The lowest BCUT2D eigenvalue weighted by Gasteiger charge is -2.17. The molecule has 2 aromatic carbocycles. The van der Waals surface area contributed by atoms with Gasteiger partial charge in [0.1, 0.15) is 11.6 Å². The van der Waals surface area contributed by atoms with E-state index in [4.69, 9.17) is 10.5 Å². The summed E-state index contributed by atoms with van der Waals surface area (Å²) in [6.45, 7) is 3.95. The van der Waals surface area contributed by atoms with Gasteiger partial charge < -0.3 is 10.5 Å².